The van der Waals surface area contributed by atoms with Gasteiger partial charge in [0.15, 0.2) is 0 Å². The highest BCUT2D eigenvalue weighted by molar-refractivity contribution is 5.77. The van der Waals surface area contributed by atoms with E-state index in [0.29, 0.717) is 11.3 Å². The van der Waals surface area contributed by atoms with Gasteiger partial charge in [0.05, 0.1) is 0 Å². The molecular weight excluding hydrogens is 374 g/mol. The van der Waals surface area contributed by atoms with Crippen LogP contribution in [-0.4, -0.2) is 11.4 Å². The molecule has 1 nitrogen and oxygen atoms in total. The second-order valence-electron chi connectivity index (χ2n) is 10.8. The largest absolute Gasteiger partial charge is 0.346 e. The zero-order valence-electron chi connectivity index (χ0n) is 20.9. The van der Waals surface area contributed by atoms with Crippen molar-refractivity contribution in [2.24, 2.45) is 5.41 Å². The molecule has 0 amide bonds. The van der Waals surface area contributed by atoms with E-state index in [1.54, 1.807) is 11.1 Å². The van der Waals surface area contributed by atoms with Gasteiger partial charge in [-0.15, -0.1) is 0 Å². The molecule has 0 N–H and O–H groups in total. The van der Waals surface area contributed by atoms with Gasteiger partial charge >= 0.3 is 0 Å². The van der Waals surface area contributed by atoms with Crippen molar-refractivity contribution in [3.63, 3.8) is 0 Å². The molecule has 1 atom stereocenters. The Morgan fingerprint density at radius 3 is 2.48 bits per heavy atom. The van der Waals surface area contributed by atoms with Crippen LogP contribution in [0.4, 0.5) is 0 Å². The second kappa shape index (κ2) is 9.63. The fraction of sp³-hybridized carbons (Fsp3) is 0.533. The standard InChI is InChI=1S/C30H43N/c1-9-11-12-13-24-18-26-25(14-15-30(6,7)8)19-31-20-28(21(3)4)22(5)16-29(31)27(26)17-23(24)10-2/h16-18,20,25H,3,5,9-15,19H2,1-2,4,6-8H3/t25-/m0/s1. The summed E-state index contributed by atoms with van der Waals surface area (Å²) in [6.45, 7) is 23.4. The zero-order chi connectivity index (χ0) is 22.8. The van der Waals surface area contributed by atoms with E-state index in [1.165, 1.54) is 60.9 Å². The van der Waals surface area contributed by atoms with Crippen molar-refractivity contribution in [2.75, 3.05) is 6.54 Å². The third-order valence-electron chi connectivity index (χ3n) is 6.89. The van der Waals surface area contributed by atoms with Gasteiger partial charge in [-0.1, -0.05) is 66.7 Å². The molecule has 0 fully saturated rings. The summed E-state index contributed by atoms with van der Waals surface area (Å²) < 4.78 is 0. The van der Waals surface area contributed by atoms with Crippen molar-refractivity contribution in [3.05, 3.63) is 76.5 Å². The van der Waals surface area contributed by atoms with Gasteiger partial charge in [0.2, 0.25) is 0 Å². The van der Waals surface area contributed by atoms with Gasteiger partial charge in [-0.3, -0.25) is 0 Å². The maximum atomic E-state index is 4.35. The van der Waals surface area contributed by atoms with Crippen LogP contribution in [0.3, 0.4) is 0 Å². The number of fused-ring (bicyclic) bond motifs is 3. The van der Waals surface area contributed by atoms with Crippen LogP contribution in [0, 0.1) is 5.41 Å². The Balaban J connectivity index is 2.06. The quantitative estimate of drug-likeness (QED) is 0.383. The Morgan fingerprint density at radius 1 is 1.13 bits per heavy atom. The first kappa shape index (κ1) is 23.6. The highest BCUT2D eigenvalue weighted by atomic mass is 15.1. The molecule has 2 aliphatic heterocycles. The van der Waals surface area contributed by atoms with Crippen LogP contribution >= 0.6 is 0 Å². The first-order chi connectivity index (χ1) is 14.6. The molecule has 2 heterocycles. The predicted molar refractivity (Wildman–Crippen MR) is 137 cm³/mol. The molecule has 0 saturated carbocycles. The second-order valence-corrected chi connectivity index (χ2v) is 10.8. The predicted octanol–water partition coefficient (Wildman–Crippen LogP) is 8.58. The van der Waals surface area contributed by atoms with Crippen molar-refractivity contribution >= 4 is 5.70 Å². The number of hydrogen-bond acceptors (Lipinski definition) is 1. The summed E-state index contributed by atoms with van der Waals surface area (Å²) in [4.78, 5) is 2.48. The summed E-state index contributed by atoms with van der Waals surface area (Å²) in [5, 5.41) is 0. The summed E-state index contributed by atoms with van der Waals surface area (Å²) in [5.74, 6) is 0.566. The number of unbranched alkanes of at least 4 members (excludes halogenated alkanes) is 2. The van der Waals surface area contributed by atoms with Crippen LogP contribution in [-0.2, 0) is 12.8 Å². The lowest BCUT2D eigenvalue weighted by Crippen LogP contribution is -2.32. The van der Waals surface area contributed by atoms with E-state index < -0.39 is 0 Å². The molecule has 1 aromatic carbocycles. The molecule has 0 saturated heterocycles. The summed E-state index contributed by atoms with van der Waals surface area (Å²) in [5.41, 5.74) is 11.2. The number of nitrogens with zero attached hydrogens (tertiary/aromatic N) is 1. The highest BCUT2D eigenvalue weighted by Crippen LogP contribution is 2.44. The topological polar surface area (TPSA) is 3.24 Å². The maximum absolute atomic E-state index is 4.35. The van der Waals surface area contributed by atoms with E-state index in [2.05, 4.69) is 84.0 Å². The summed E-state index contributed by atoms with van der Waals surface area (Å²) in [6.07, 6.45) is 13.3. The van der Waals surface area contributed by atoms with Crippen LogP contribution in [0.15, 0.2) is 54.3 Å². The van der Waals surface area contributed by atoms with Gasteiger partial charge in [-0.05, 0) is 90.0 Å². The van der Waals surface area contributed by atoms with Crippen molar-refractivity contribution in [3.8, 4) is 0 Å². The Hall–Kier alpha value is -2.02. The Labute approximate surface area is 191 Å². The first-order valence-electron chi connectivity index (χ1n) is 12.4. The van der Waals surface area contributed by atoms with Crippen molar-refractivity contribution in [1.29, 1.82) is 0 Å². The van der Waals surface area contributed by atoms with Crippen LogP contribution in [0.25, 0.3) is 5.70 Å². The molecule has 2 aliphatic rings. The monoisotopic (exact) mass is 417 g/mol. The molecule has 0 radical (unpaired) electrons. The number of allylic oxidation sites excluding steroid dienone is 4. The van der Waals surface area contributed by atoms with Gasteiger partial charge < -0.3 is 4.90 Å². The van der Waals surface area contributed by atoms with E-state index in [9.17, 15) is 0 Å². The minimum absolute atomic E-state index is 0.360. The lowest BCUT2D eigenvalue weighted by atomic mass is 9.77. The van der Waals surface area contributed by atoms with Crippen molar-refractivity contribution < 1.29 is 0 Å². The molecule has 0 aromatic heterocycles. The number of aryl methyl sites for hydroxylation is 2. The highest BCUT2D eigenvalue weighted by Gasteiger charge is 2.32. The van der Waals surface area contributed by atoms with Crippen molar-refractivity contribution in [2.45, 2.75) is 92.4 Å². The van der Waals surface area contributed by atoms with Gasteiger partial charge in [-0.2, -0.15) is 0 Å². The average molecular weight is 418 g/mol. The van der Waals surface area contributed by atoms with Crippen LogP contribution in [0.5, 0.6) is 0 Å². The zero-order valence-corrected chi connectivity index (χ0v) is 20.9. The molecular formula is C30H43N. The van der Waals surface area contributed by atoms with Crippen LogP contribution < -0.4 is 0 Å². The Bertz CT molecular complexity index is 903. The lowest BCUT2D eigenvalue weighted by Gasteiger charge is -2.40. The van der Waals surface area contributed by atoms with E-state index in [-0.39, 0.29) is 0 Å². The molecule has 168 valence electrons. The molecule has 0 unspecified atom stereocenters. The minimum atomic E-state index is 0.360. The Kier molecular flexibility index (Phi) is 7.35. The smallest absolute Gasteiger partial charge is 0.0489 e. The normalized spacial score (nSPS) is 18.3. The number of hydrogen-bond donors (Lipinski definition) is 0. The number of benzene rings is 1. The maximum Gasteiger partial charge on any atom is 0.0489 e. The third-order valence-corrected chi connectivity index (χ3v) is 6.89. The fourth-order valence-electron chi connectivity index (χ4n) is 4.99. The molecule has 0 aliphatic carbocycles. The number of rotatable bonds is 8. The molecule has 1 aromatic rings. The average Bonchev–Trinajstić information content (AvgIpc) is 2.70. The van der Waals surface area contributed by atoms with Gasteiger partial charge in [0, 0.05) is 29.9 Å². The SMILES string of the molecule is C=C(C)C1=CN2C[C@H](CCC(C)(C)C)c3cc(CCCCC)c(CC)cc3C2=CC1=C. The molecule has 31 heavy (non-hydrogen) atoms. The van der Waals surface area contributed by atoms with E-state index in [0.717, 1.165) is 24.1 Å². The van der Waals surface area contributed by atoms with E-state index in [4.69, 9.17) is 0 Å². The van der Waals surface area contributed by atoms with Gasteiger partial charge in [-0.25, -0.2) is 0 Å². The lowest BCUT2D eigenvalue weighted by molar-refractivity contribution is 0.326. The van der Waals surface area contributed by atoms with Gasteiger partial charge in [0.1, 0.15) is 0 Å². The molecule has 3 rings (SSSR count). The third kappa shape index (κ3) is 5.43. The Morgan fingerprint density at radius 2 is 1.87 bits per heavy atom. The molecule has 0 spiro atoms. The van der Waals surface area contributed by atoms with Crippen LogP contribution in [0.2, 0.25) is 0 Å². The summed E-state index contributed by atoms with van der Waals surface area (Å²) in [6, 6.07) is 5.08. The van der Waals surface area contributed by atoms with E-state index in [1.807, 2.05) is 0 Å². The van der Waals surface area contributed by atoms with Crippen LogP contribution in [0.1, 0.15) is 102 Å². The molecule has 1 heteroatoms. The van der Waals surface area contributed by atoms with Gasteiger partial charge in [0.25, 0.3) is 0 Å². The first-order valence-corrected chi connectivity index (χ1v) is 12.4. The van der Waals surface area contributed by atoms with E-state index >= 15 is 0 Å². The fourth-order valence-corrected chi connectivity index (χ4v) is 4.99. The minimum Gasteiger partial charge on any atom is -0.346 e. The molecule has 0 bridgehead atoms. The summed E-state index contributed by atoms with van der Waals surface area (Å²) >= 11 is 0. The summed E-state index contributed by atoms with van der Waals surface area (Å²) in [7, 11) is 0. The van der Waals surface area contributed by atoms with Crippen molar-refractivity contribution in [1.82, 2.24) is 4.90 Å².